The van der Waals surface area contributed by atoms with Crippen LogP contribution in [0, 0.1) is 20.8 Å². The topological polar surface area (TPSA) is 30.2 Å². The van der Waals surface area contributed by atoms with Gasteiger partial charge >= 0.3 is 0 Å². The molecule has 102 valence electrons. The van der Waals surface area contributed by atoms with E-state index in [4.69, 9.17) is 0 Å². The summed E-state index contributed by atoms with van der Waals surface area (Å²) in [6.45, 7) is 6.20. The molecule has 0 amide bonds. The number of thioether (sulfide) groups is 1. The van der Waals surface area contributed by atoms with Crippen LogP contribution in [0.15, 0.2) is 41.4 Å². The molecular weight excluding hydrogens is 266 g/mol. The fourth-order valence-corrected chi connectivity index (χ4v) is 3.15. The molecule has 0 radical (unpaired) electrons. The van der Waals surface area contributed by atoms with Gasteiger partial charge in [0.25, 0.3) is 0 Å². The summed E-state index contributed by atoms with van der Waals surface area (Å²) in [5, 5.41) is 0. The molecule has 3 aromatic rings. The number of nitrogens with zero attached hydrogens (tertiary/aromatic N) is 3. The number of fused-ring (bicyclic) bond motifs is 1. The standard InChI is InChI=1S/C16H17N3S/c1-11-5-4-6-15(7-11)20-10-14-9-19-13(3)8-12(2)17-16(19)18-14/h4-9H,10H2,1-3H3. The number of hydrogen-bond donors (Lipinski definition) is 0. The molecular formula is C16H17N3S. The van der Waals surface area contributed by atoms with E-state index in [1.165, 1.54) is 16.2 Å². The van der Waals surface area contributed by atoms with E-state index in [9.17, 15) is 0 Å². The van der Waals surface area contributed by atoms with E-state index >= 15 is 0 Å². The Hall–Kier alpha value is -1.81. The van der Waals surface area contributed by atoms with Crippen molar-refractivity contribution in [3.63, 3.8) is 0 Å². The Balaban J connectivity index is 1.83. The van der Waals surface area contributed by atoms with E-state index in [2.05, 4.69) is 64.7 Å². The maximum atomic E-state index is 4.60. The van der Waals surface area contributed by atoms with E-state index in [1.54, 1.807) is 0 Å². The molecule has 0 unspecified atom stereocenters. The van der Waals surface area contributed by atoms with Crippen LogP contribution in [0.3, 0.4) is 0 Å². The summed E-state index contributed by atoms with van der Waals surface area (Å²) in [7, 11) is 0. The number of rotatable bonds is 3. The van der Waals surface area contributed by atoms with E-state index in [0.29, 0.717) is 0 Å². The first-order valence-electron chi connectivity index (χ1n) is 6.63. The molecule has 0 N–H and O–H groups in total. The molecule has 0 aliphatic carbocycles. The molecule has 20 heavy (non-hydrogen) atoms. The molecule has 0 bridgehead atoms. The van der Waals surface area contributed by atoms with Crippen LogP contribution in [0.1, 0.15) is 22.6 Å². The number of aromatic nitrogens is 3. The van der Waals surface area contributed by atoms with Gasteiger partial charge in [-0.1, -0.05) is 17.7 Å². The third-order valence-corrected chi connectivity index (χ3v) is 4.21. The first kappa shape index (κ1) is 13.2. The smallest absolute Gasteiger partial charge is 0.234 e. The van der Waals surface area contributed by atoms with Crippen LogP contribution in [-0.2, 0) is 5.75 Å². The summed E-state index contributed by atoms with van der Waals surface area (Å²) in [5.41, 5.74) is 4.54. The third kappa shape index (κ3) is 2.70. The molecule has 0 fully saturated rings. The van der Waals surface area contributed by atoms with Crippen LogP contribution in [0.4, 0.5) is 0 Å². The number of imidazole rings is 1. The summed E-state index contributed by atoms with van der Waals surface area (Å²) in [6.07, 6.45) is 2.08. The molecule has 3 rings (SSSR count). The van der Waals surface area contributed by atoms with Gasteiger partial charge in [-0.2, -0.15) is 0 Å². The monoisotopic (exact) mass is 283 g/mol. The lowest BCUT2D eigenvalue weighted by Gasteiger charge is -2.00. The lowest BCUT2D eigenvalue weighted by atomic mass is 10.2. The average Bonchev–Trinajstić information content (AvgIpc) is 2.80. The minimum atomic E-state index is 0.794. The van der Waals surface area contributed by atoms with E-state index in [0.717, 1.165) is 22.9 Å². The summed E-state index contributed by atoms with van der Waals surface area (Å²) < 4.78 is 2.05. The number of aryl methyl sites for hydroxylation is 3. The van der Waals surface area contributed by atoms with Gasteiger partial charge in [0.1, 0.15) is 0 Å². The fourth-order valence-electron chi connectivity index (χ4n) is 2.25. The molecule has 4 heteroatoms. The van der Waals surface area contributed by atoms with Gasteiger partial charge in [0.15, 0.2) is 0 Å². The van der Waals surface area contributed by atoms with Crippen molar-refractivity contribution in [2.75, 3.05) is 0 Å². The van der Waals surface area contributed by atoms with Crippen molar-refractivity contribution >= 4 is 17.5 Å². The van der Waals surface area contributed by atoms with Crippen molar-refractivity contribution in [1.29, 1.82) is 0 Å². The van der Waals surface area contributed by atoms with Crippen molar-refractivity contribution in [3.8, 4) is 0 Å². The van der Waals surface area contributed by atoms with Gasteiger partial charge in [0.2, 0.25) is 5.78 Å². The Bertz CT molecular complexity index is 762. The van der Waals surface area contributed by atoms with Gasteiger partial charge in [0, 0.05) is 28.2 Å². The minimum Gasteiger partial charge on any atom is -0.288 e. The molecule has 0 spiro atoms. The largest absolute Gasteiger partial charge is 0.288 e. The Morgan fingerprint density at radius 3 is 2.75 bits per heavy atom. The van der Waals surface area contributed by atoms with Gasteiger partial charge in [-0.15, -0.1) is 11.8 Å². The van der Waals surface area contributed by atoms with Crippen LogP contribution in [0.25, 0.3) is 5.78 Å². The Kier molecular flexibility index (Phi) is 3.49. The predicted molar refractivity (Wildman–Crippen MR) is 83.2 cm³/mol. The number of hydrogen-bond acceptors (Lipinski definition) is 3. The van der Waals surface area contributed by atoms with Crippen molar-refractivity contribution in [2.45, 2.75) is 31.4 Å². The first-order valence-corrected chi connectivity index (χ1v) is 7.62. The SMILES string of the molecule is Cc1cccc(SCc2cn3c(C)cc(C)nc3n2)c1. The molecule has 0 saturated carbocycles. The molecule has 2 heterocycles. The van der Waals surface area contributed by atoms with Gasteiger partial charge < -0.3 is 0 Å². The normalized spacial score (nSPS) is 11.2. The van der Waals surface area contributed by atoms with E-state index < -0.39 is 0 Å². The zero-order chi connectivity index (χ0) is 14.1. The second-order valence-electron chi connectivity index (χ2n) is 5.05. The maximum absolute atomic E-state index is 4.60. The van der Waals surface area contributed by atoms with Gasteiger partial charge in [-0.05, 0) is 39.0 Å². The zero-order valence-electron chi connectivity index (χ0n) is 11.9. The highest BCUT2D eigenvalue weighted by Gasteiger charge is 2.06. The Labute approximate surface area is 123 Å². The van der Waals surface area contributed by atoms with Crippen molar-refractivity contribution < 1.29 is 0 Å². The van der Waals surface area contributed by atoms with Gasteiger partial charge in [-0.3, -0.25) is 4.40 Å². The molecule has 0 aliphatic rings. The van der Waals surface area contributed by atoms with Gasteiger partial charge in [-0.25, -0.2) is 9.97 Å². The molecule has 0 atom stereocenters. The van der Waals surface area contributed by atoms with Crippen LogP contribution in [-0.4, -0.2) is 14.4 Å². The number of benzene rings is 1. The highest BCUT2D eigenvalue weighted by atomic mass is 32.2. The lowest BCUT2D eigenvalue weighted by molar-refractivity contribution is 1.01. The Morgan fingerprint density at radius 2 is 1.95 bits per heavy atom. The molecule has 2 aromatic heterocycles. The van der Waals surface area contributed by atoms with Crippen molar-refractivity contribution in [3.05, 3.63) is 59.2 Å². The summed E-state index contributed by atoms with van der Waals surface area (Å²) in [4.78, 5) is 10.4. The van der Waals surface area contributed by atoms with E-state index in [-0.39, 0.29) is 0 Å². The van der Waals surface area contributed by atoms with Crippen LogP contribution >= 0.6 is 11.8 Å². The summed E-state index contributed by atoms with van der Waals surface area (Å²) in [5.74, 6) is 1.66. The average molecular weight is 283 g/mol. The Morgan fingerprint density at radius 1 is 1.10 bits per heavy atom. The van der Waals surface area contributed by atoms with Crippen LogP contribution in [0.2, 0.25) is 0 Å². The molecule has 1 aromatic carbocycles. The molecule has 0 aliphatic heterocycles. The zero-order valence-corrected chi connectivity index (χ0v) is 12.7. The minimum absolute atomic E-state index is 0.794. The molecule has 3 nitrogen and oxygen atoms in total. The second-order valence-corrected chi connectivity index (χ2v) is 6.10. The quantitative estimate of drug-likeness (QED) is 0.682. The molecule has 0 saturated heterocycles. The van der Waals surface area contributed by atoms with Gasteiger partial charge in [0.05, 0.1) is 5.69 Å². The lowest BCUT2D eigenvalue weighted by Crippen LogP contribution is -1.94. The predicted octanol–water partition coefficient (Wildman–Crippen LogP) is 3.95. The highest BCUT2D eigenvalue weighted by Crippen LogP contribution is 2.23. The van der Waals surface area contributed by atoms with Crippen molar-refractivity contribution in [1.82, 2.24) is 14.4 Å². The maximum Gasteiger partial charge on any atom is 0.234 e. The van der Waals surface area contributed by atoms with Crippen molar-refractivity contribution in [2.24, 2.45) is 0 Å². The summed E-state index contributed by atoms with van der Waals surface area (Å²) in [6, 6.07) is 10.6. The third-order valence-electron chi connectivity index (χ3n) is 3.19. The first-order chi connectivity index (χ1) is 9.61. The second kappa shape index (κ2) is 5.29. The fraction of sp³-hybridized carbons (Fsp3) is 0.250. The summed E-state index contributed by atoms with van der Waals surface area (Å²) >= 11 is 1.81. The highest BCUT2D eigenvalue weighted by molar-refractivity contribution is 7.98. The van der Waals surface area contributed by atoms with E-state index in [1.807, 2.05) is 18.7 Å². The van der Waals surface area contributed by atoms with Crippen LogP contribution in [0.5, 0.6) is 0 Å². The van der Waals surface area contributed by atoms with Crippen LogP contribution < -0.4 is 0 Å².